The second kappa shape index (κ2) is 6.31. The van der Waals surface area contributed by atoms with Crippen molar-refractivity contribution in [2.45, 2.75) is 26.3 Å². The molecule has 0 fully saturated rings. The van der Waals surface area contributed by atoms with E-state index < -0.39 is 0 Å². The van der Waals surface area contributed by atoms with Gasteiger partial charge in [-0.3, -0.25) is 4.79 Å². The van der Waals surface area contributed by atoms with E-state index in [4.69, 9.17) is 4.74 Å². The molecule has 0 aliphatic rings. The van der Waals surface area contributed by atoms with Gasteiger partial charge in [0.25, 0.3) is 0 Å². The van der Waals surface area contributed by atoms with Crippen LogP contribution in [0.1, 0.15) is 20.3 Å². The summed E-state index contributed by atoms with van der Waals surface area (Å²) < 4.78 is 5.21. The van der Waals surface area contributed by atoms with E-state index in [-0.39, 0.29) is 5.78 Å². The molecule has 0 bridgehead atoms. The SMILES string of the molecule is CNC(C)COCCC(C)=O. The highest BCUT2D eigenvalue weighted by Crippen LogP contribution is 1.87. The predicted octanol–water partition coefficient (Wildman–Crippen LogP) is 0.590. The smallest absolute Gasteiger partial charge is 0.132 e. The van der Waals surface area contributed by atoms with Crippen LogP contribution < -0.4 is 5.32 Å². The van der Waals surface area contributed by atoms with Crippen LogP contribution in [-0.4, -0.2) is 32.1 Å². The van der Waals surface area contributed by atoms with Crippen molar-refractivity contribution in [3.05, 3.63) is 0 Å². The van der Waals surface area contributed by atoms with Crippen LogP contribution >= 0.6 is 0 Å². The molecule has 3 nitrogen and oxygen atoms in total. The minimum Gasteiger partial charge on any atom is -0.379 e. The summed E-state index contributed by atoms with van der Waals surface area (Å²) in [6.07, 6.45) is 0.524. The van der Waals surface area contributed by atoms with Gasteiger partial charge in [-0.25, -0.2) is 0 Å². The monoisotopic (exact) mass is 159 g/mol. The summed E-state index contributed by atoms with van der Waals surface area (Å²) in [5.41, 5.74) is 0. The molecule has 0 saturated carbocycles. The van der Waals surface area contributed by atoms with Gasteiger partial charge in [-0.2, -0.15) is 0 Å². The summed E-state index contributed by atoms with van der Waals surface area (Å²) >= 11 is 0. The Morgan fingerprint density at radius 1 is 1.64 bits per heavy atom. The maximum atomic E-state index is 10.5. The Bertz CT molecular complexity index is 115. The zero-order valence-electron chi connectivity index (χ0n) is 7.52. The van der Waals surface area contributed by atoms with Crippen LogP contribution in [0.3, 0.4) is 0 Å². The number of hydrogen-bond acceptors (Lipinski definition) is 3. The normalized spacial score (nSPS) is 13.0. The average Bonchev–Trinajstić information content (AvgIpc) is 1.97. The molecule has 0 aliphatic heterocycles. The number of Topliss-reactive ketones (excluding diaryl/α,β-unsaturated/α-hetero) is 1. The predicted molar refractivity (Wildman–Crippen MR) is 44.6 cm³/mol. The molecular formula is C8H17NO2. The standard InChI is InChI=1S/C8H17NO2/c1-7(9-3)6-11-5-4-8(2)10/h7,9H,4-6H2,1-3H3. The molecule has 0 spiro atoms. The third-order valence-electron chi connectivity index (χ3n) is 1.46. The average molecular weight is 159 g/mol. The minimum atomic E-state index is 0.183. The molecular weight excluding hydrogens is 142 g/mol. The molecule has 0 aliphatic carbocycles. The fourth-order valence-electron chi connectivity index (χ4n) is 0.559. The Hall–Kier alpha value is -0.410. The summed E-state index contributed by atoms with van der Waals surface area (Å²) in [7, 11) is 1.89. The lowest BCUT2D eigenvalue weighted by molar-refractivity contribution is -0.118. The number of ether oxygens (including phenoxy) is 1. The number of carbonyl (C=O) groups excluding carboxylic acids is 1. The summed E-state index contributed by atoms with van der Waals surface area (Å²) in [5.74, 6) is 0.183. The molecule has 0 amide bonds. The maximum absolute atomic E-state index is 10.5. The van der Waals surface area contributed by atoms with E-state index in [9.17, 15) is 4.79 Å². The van der Waals surface area contributed by atoms with Gasteiger partial charge in [-0.1, -0.05) is 0 Å². The molecule has 3 heteroatoms. The topological polar surface area (TPSA) is 38.3 Å². The molecule has 0 aromatic carbocycles. The van der Waals surface area contributed by atoms with Crippen LogP contribution in [0, 0.1) is 0 Å². The van der Waals surface area contributed by atoms with Gasteiger partial charge in [0.1, 0.15) is 5.78 Å². The first kappa shape index (κ1) is 10.6. The number of carbonyl (C=O) groups is 1. The van der Waals surface area contributed by atoms with Crippen LogP contribution in [0.4, 0.5) is 0 Å². The first-order valence-corrected chi connectivity index (χ1v) is 3.91. The number of hydrogen-bond donors (Lipinski definition) is 1. The van der Waals surface area contributed by atoms with Crippen molar-refractivity contribution in [1.29, 1.82) is 0 Å². The highest BCUT2D eigenvalue weighted by molar-refractivity contribution is 5.75. The summed E-state index contributed by atoms with van der Waals surface area (Å²) in [4.78, 5) is 10.5. The van der Waals surface area contributed by atoms with Crippen LogP contribution in [0.5, 0.6) is 0 Å². The Balaban J connectivity index is 3.08. The third-order valence-corrected chi connectivity index (χ3v) is 1.46. The van der Waals surface area contributed by atoms with E-state index in [1.807, 2.05) is 14.0 Å². The molecule has 0 aromatic heterocycles. The number of ketones is 1. The second-order valence-electron chi connectivity index (χ2n) is 2.72. The van der Waals surface area contributed by atoms with E-state index in [1.165, 1.54) is 0 Å². The number of rotatable bonds is 6. The largest absolute Gasteiger partial charge is 0.379 e. The molecule has 1 atom stereocenters. The van der Waals surface area contributed by atoms with Gasteiger partial charge in [0.2, 0.25) is 0 Å². The van der Waals surface area contributed by atoms with E-state index in [0.29, 0.717) is 25.7 Å². The molecule has 1 unspecified atom stereocenters. The van der Waals surface area contributed by atoms with Crippen molar-refractivity contribution in [1.82, 2.24) is 5.32 Å². The number of nitrogens with one attached hydrogen (secondary N) is 1. The van der Waals surface area contributed by atoms with Gasteiger partial charge >= 0.3 is 0 Å². The van der Waals surface area contributed by atoms with E-state index in [2.05, 4.69) is 5.32 Å². The number of likely N-dealkylation sites (N-methyl/N-ethyl adjacent to an activating group) is 1. The molecule has 0 heterocycles. The van der Waals surface area contributed by atoms with Crippen LogP contribution in [0.25, 0.3) is 0 Å². The zero-order chi connectivity index (χ0) is 8.69. The lowest BCUT2D eigenvalue weighted by Crippen LogP contribution is -2.27. The van der Waals surface area contributed by atoms with E-state index in [0.717, 1.165) is 0 Å². The second-order valence-corrected chi connectivity index (χ2v) is 2.72. The highest BCUT2D eigenvalue weighted by Gasteiger charge is 1.97. The van der Waals surface area contributed by atoms with Gasteiger partial charge in [-0.05, 0) is 20.9 Å². The molecule has 1 N–H and O–H groups in total. The lowest BCUT2D eigenvalue weighted by atomic mass is 10.3. The molecule has 11 heavy (non-hydrogen) atoms. The van der Waals surface area contributed by atoms with Crippen molar-refractivity contribution < 1.29 is 9.53 Å². The summed E-state index contributed by atoms with van der Waals surface area (Å²) in [6, 6.07) is 0.363. The van der Waals surface area contributed by atoms with Gasteiger partial charge in [0, 0.05) is 12.5 Å². The Morgan fingerprint density at radius 2 is 2.27 bits per heavy atom. The van der Waals surface area contributed by atoms with E-state index >= 15 is 0 Å². The fourth-order valence-corrected chi connectivity index (χ4v) is 0.559. The van der Waals surface area contributed by atoms with Crippen molar-refractivity contribution in [3.63, 3.8) is 0 Å². The minimum absolute atomic E-state index is 0.183. The highest BCUT2D eigenvalue weighted by atomic mass is 16.5. The van der Waals surface area contributed by atoms with Crippen LogP contribution in [0.15, 0.2) is 0 Å². The third kappa shape index (κ3) is 7.49. The Labute approximate surface area is 68.1 Å². The molecule has 0 radical (unpaired) electrons. The van der Waals surface area contributed by atoms with Crippen molar-refractivity contribution in [2.75, 3.05) is 20.3 Å². The first-order valence-electron chi connectivity index (χ1n) is 3.91. The van der Waals surface area contributed by atoms with Gasteiger partial charge in [0.05, 0.1) is 13.2 Å². The molecule has 0 rings (SSSR count). The molecule has 66 valence electrons. The van der Waals surface area contributed by atoms with Crippen LogP contribution in [0.2, 0.25) is 0 Å². The molecule has 0 aromatic rings. The van der Waals surface area contributed by atoms with Crippen molar-refractivity contribution in [2.24, 2.45) is 0 Å². The quantitative estimate of drug-likeness (QED) is 0.576. The van der Waals surface area contributed by atoms with Crippen molar-refractivity contribution >= 4 is 5.78 Å². The fraction of sp³-hybridized carbons (Fsp3) is 0.875. The Morgan fingerprint density at radius 3 is 2.73 bits per heavy atom. The first-order chi connectivity index (χ1) is 5.16. The summed E-state index contributed by atoms with van der Waals surface area (Å²) in [5, 5.41) is 3.04. The Kier molecular flexibility index (Phi) is 6.07. The van der Waals surface area contributed by atoms with Gasteiger partial charge in [0.15, 0.2) is 0 Å². The van der Waals surface area contributed by atoms with Gasteiger partial charge in [-0.15, -0.1) is 0 Å². The van der Waals surface area contributed by atoms with E-state index in [1.54, 1.807) is 6.92 Å². The maximum Gasteiger partial charge on any atom is 0.132 e. The van der Waals surface area contributed by atoms with Crippen LogP contribution in [-0.2, 0) is 9.53 Å². The van der Waals surface area contributed by atoms with Crippen molar-refractivity contribution in [3.8, 4) is 0 Å². The molecule has 0 saturated heterocycles. The zero-order valence-corrected chi connectivity index (χ0v) is 7.52. The summed E-state index contributed by atoms with van der Waals surface area (Å²) in [6.45, 7) is 4.82. The lowest BCUT2D eigenvalue weighted by Gasteiger charge is -2.09. The van der Waals surface area contributed by atoms with Gasteiger partial charge < -0.3 is 10.1 Å².